The maximum Gasteiger partial charge on any atom is 0.263 e. The van der Waals surface area contributed by atoms with Crippen molar-refractivity contribution >= 4 is 27.8 Å². The fourth-order valence-corrected chi connectivity index (χ4v) is 5.95. The maximum absolute atomic E-state index is 13.0. The van der Waals surface area contributed by atoms with Gasteiger partial charge in [-0.2, -0.15) is 5.10 Å². The van der Waals surface area contributed by atoms with Crippen LogP contribution in [-0.2, 0) is 14.8 Å². The summed E-state index contributed by atoms with van der Waals surface area (Å²) in [6.45, 7) is 9.70. The van der Waals surface area contributed by atoms with Gasteiger partial charge in [0.25, 0.3) is 5.91 Å². The van der Waals surface area contributed by atoms with Gasteiger partial charge in [0, 0.05) is 17.0 Å². The van der Waals surface area contributed by atoms with Gasteiger partial charge in [-0.1, -0.05) is 36.4 Å². The highest BCUT2D eigenvalue weighted by molar-refractivity contribution is 7.92. The minimum Gasteiger partial charge on any atom is -0.457 e. The molecule has 0 unspecified atom stereocenters. The monoisotopic (exact) mass is 558 g/mol. The number of nitrogens with zero attached hydrogens (tertiary/aromatic N) is 3. The number of para-hydroxylation sites is 2. The molecule has 1 amide bonds. The molecule has 4 aromatic rings. The zero-order valence-corrected chi connectivity index (χ0v) is 24.4. The molecule has 1 atom stereocenters. The van der Waals surface area contributed by atoms with Gasteiger partial charge >= 0.3 is 0 Å². The summed E-state index contributed by atoms with van der Waals surface area (Å²) >= 11 is 0. The van der Waals surface area contributed by atoms with Gasteiger partial charge < -0.3 is 9.30 Å². The van der Waals surface area contributed by atoms with Crippen LogP contribution < -0.4 is 14.5 Å². The third-order valence-electron chi connectivity index (χ3n) is 6.67. The number of hydrazone groups is 1. The van der Waals surface area contributed by atoms with E-state index in [1.54, 1.807) is 30.5 Å². The highest BCUT2D eigenvalue weighted by Crippen LogP contribution is 2.27. The molecule has 0 bridgehead atoms. The summed E-state index contributed by atoms with van der Waals surface area (Å²) in [7, 11) is -3.78. The summed E-state index contributed by atoms with van der Waals surface area (Å²) in [5, 5.41) is 4.16. The third kappa shape index (κ3) is 6.26. The molecule has 0 aliphatic rings. The molecule has 0 saturated carbocycles. The molecule has 1 aromatic heterocycles. The molecule has 8 nitrogen and oxygen atoms in total. The predicted molar refractivity (Wildman–Crippen MR) is 160 cm³/mol. The van der Waals surface area contributed by atoms with E-state index in [4.69, 9.17) is 4.74 Å². The number of hydrogen-bond donors (Lipinski definition) is 1. The minimum absolute atomic E-state index is 0.340. The number of benzene rings is 3. The maximum atomic E-state index is 13.0. The van der Waals surface area contributed by atoms with Crippen LogP contribution in [0.4, 0.5) is 5.69 Å². The van der Waals surface area contributed by atoms with Gasteiger partial charge in [0.05, 0.1) is 23.8 Å². The lowest BCUT2D eigenvalue weighted by Gasteiger charge is -2.27. The van der Waals surface area contributed by atoms with E-state index in [-0.39, 0.29) is 0 Å². The number of nitrogens with one attached hydrogen (secondary N) is 1. The standard InChI is InChI=1S/C31H34N4O4S/c1-21-11-10-12-22(2)30(21)34-23(3)19-26(24(34)4)20-32-33-31(36)25(5)35(40(6,37)38)27-15-17-29(18-16-27)39-28-13-8-7-9-14-28/h7-20,25H,1-6H3,(H,33,36)/b32-20-/t25-/m1/s1. The molecule has 3 aromatic carbocycles. The lowest BCUT2D eigenvalue weighted by molar-refractivity contribution is -0.121. The molecular weight excluding hydrogens is 524 g/mol. The second-order valence-corrected chi connectivity index (χ2v) is 11.6. The molecule has 9 heteroatoms. The van der Waals surface area contributed by atoms with Gasteiger partial charge in [-0.3, -0.25) is 9.10 Å². The topological polar surface area (TPSA) is 93.0 Å². The van der Waals surface area contributed by atoms with Crippen LogP contribution in [0.25, 0.3) is 5.69 Å². The molecule has 208 valence electrons. The van der Waals surface area contributed by atoms with Crippen LogP contribution in [0.15, 0.2) is 84.0 Å². The van der Waals surface area contributed by atoms with Gasteiger partial charge in [-0.25, -0.2) is 13.8 Å². The van der Waals surface area contributed by atoms with Crippen molar-refractivity contribution in [3.05, 3.63) is 107 Å². The van der Waals surface area contributed by atoms with E-state index in [1.807, 2.05) is 56.3 Å². The summed E-state index contributed by atoms with van der Waals surface area (Å²) in [5.74, 6) is 0.647. The van der Waals surface area contributed by atoms with Crippen LogP contribution in [-0.4, -0.2) is 37.4 Å². The first-order valence-corrected chi connectivity index (χ1v) is 14.7. The van der Waals surface area contributed by atoms with Crippen molar-refractivity contribution in [2.24, 2.45) is 5.10 Å². The van der Waals surface area contributed by atoms with Gasteiger partial charge in [0.1, 0.15) is 17.5 Å². The van der Waals surface area contributed by atoms with Crippen molar-refractivity contribution in [3.63, 3.8) is 0 Å². The second-order valence-electron chi connectivity index (χ2n) is 9.78. The molecule has 0 saturated heterocycles. The zero-order valence-electron chi connectivity index (χ0n) is 23.5. The van der Waals surface area contributed by atoms with E-state index >= 15 is 0 Å². The van der Waals surface area contributed by atoms with Crippen LogP contribution in [0.3, 0.4) is 0 Å². The Labute approximate surface area is 236 Å². The molecule has 0 aliphatic heterocycles. The number of aryl methyl sites for hydroxylation is 3. The Morgan fingerprint density at radius 2 is 1.52 bits per heavy atom. The summed E-state index contributed by atoms with van der Waals surface area (Å²) in [6.07, 6.45) is 2.65. The smallest absolute Gasteiger partial charge is 0.263 e. The number of rotatable bonds is 9. The number of hydrogen-bond acceptors (Lipinski definition) is 5. The number of ether oxygens (including phenoxy) is 1. The largest absolute Gasteiger partial charge is 0.457 e. The van der Waals surface area contributed by atoms with Gasteiger partial charge in [0.2, 0.25) is 10.0 Å². The Bertz CT molecular complexity index is 1620. The molecule has 0 spiro atoms. The molecular formula is C31H34N4O4S. The van der Waals surface area contributed by atoms with E-state index in [0.29, 0.717) is 17.2 Å². The third-order valence-corrected chi connectivity index (χ3v) is 7.91. The van der Waals surface area contributed by atoms with Crippen molar-refractivity contribution < 1.29 is 17.9 Å². The SMILES string of the molecule is Cc1cccc(C)c1-n1c(C)cc(/C=N\NC(=O)[C@@H](C)N(c2ccc(Oc3ccccc3)cc2)S(C)(=O)=O)c1C. The molecule has 1 N–H and O–H groups in total. The van der Waals surface area contributed by atoms with E-state index < -0.39 is 22.0 Å². The Balaban J connectivity index is 1.50. The molecule has 40 heavy (non-hydrogen) atoms. The summed E-state index contributed by atoms with van der Waals surface area (Å²) in [5.41, 5.74) is 9.16. The Kier molecular flexibility index (Phi) is 8.44. The van der Waals surface area contributed by atoms with Crippen LogP contribution in [0.5, 0.6) is 11.5 Å². The Morgan fingerprint density at radius 1 is 0.925 bits per heavy atom. The van der Waals surface area contributed by atoms with Crippen LogP contribution in [0.2, 0.25) is 0 Å². The normalized spacial score (nSPS) is 12.3. The van der Waals surface area contributed by atoms with Gasteiger partial charge in [-0.15, -0.1) is 0 Å². The quantitative estimate of drug-likeness (QED) is 0.207. The van der Waals surface area contributed by atoms with E-state index in [1.165, 1.54) is 6.92 Å². The van der Waals surface area contributed by atoms with Crippen molar-refractivity contribution in [1.29, 1.82) is 0 Å². The van der Waals surface area contributed by atoms with E-state index in [0.717, 1.165) is 44.3 Å². The highest BCUT2D eigenvalue weighted by Gasteiger charge is 2.29. The second kappa shape index (κ2) is 11.8. The number of carbonyl (C=O) groups is 1. The Morgan fingerprint density at radius 3 is 2.12 bits per heavy atom. The van der Waals surface area contributed by atoms with Crippen LogP contribution >= 0.6 is 0 Å². The van der Waals surface area contributed by atoms with Gasteiger partial charge in [-0.05, 0) is 88.2 Å². The van der Waals surface area contributed by atoms with Crippen LogP contribution in [0.1, 0.15) is 35.0 Å². The van der Waals surface area contributed by atoms with Gasteiger partial charge in [0.15, 0.2) is 0 Å². The molecule has 0 radical (unpaired) electrons. The minimum atomic E-state index is -3.78. The summed E-state index contributed by atoms with van der Waals surface area (Å²) in [4.78, 5) is 13.0. The fraction of sp³-hybridized carbons (Fsp3) is 0.226. The first-order valence-electron chi connectivity index (χ1n) is 12.9. The van der Waals surface area contributed by atoms with Crippen molar-refractivity contribution in [2.75, 3.05) is 10.6 Å². The predicted octanol–water partition coefficient (Wildman–Crippen LogP) is 5.81. The van der Waals surface area contributed by atoms with Crippen molar-refractivity contribution in [3.8, 4) is 17.2 Å². The number of amides is 1. The van der Waals surface area contributed by atoms with Crippen molar-refractivity contribution in [1.82, 2.24) is 9.99 Å². The molecule has 0 fully saturated rings. The molecule has 0 aliphatic carbocycles. The Hall–Kier alpha value is -4.37. The molecule has 1 heterocycles. The summed E-state index contributed by atoms with van der Waals surface area (Å²) < 4.78 is 34.4. The number of carbonyl (C=O) groups excluding carboxylic acids is 1. The van der Waals surface area contributed by atoms with E-state index in [2.05, 4.69) is 41.1 Å². The average molecular weight is 559 g/mol. The zero-order chi connectivity index (χ0) is 29.0. The molecule has 4 rings (SSSR count). The number of aromatic nitrogens is 1. The first-order chi connectivity index (χ1) is 19.0. The number of anilines is 1. The van der Waals surface area contributed by atoms with Crippen LogP contribution in [0, 0.1) is 27.7 Å². The summed E-state index contributed by atoms with van der Waals surface area (Å²) in [6, 6.07) is 22.9. The average Bonchev–Trinajstić information content (AvgIpc) is 3.17. The first kappa shape index (κ1) is 28.6. The van der Waals surface area contributed by atoms with Crippen molar-refractivity contribution in [2.45, 2.75) is 40.7 Å². The number of sulfonamides is 1. The highest BCUT2D eigenvalue weighted by atomic mass is 32.2. The fourth-order valence-electron chi connectivity index (χ4n) is 4.77. The lowest BCUT2D eigenvalue weighted by atomic mass is 10.1. The van der Waals surface area contributed by atoms with E-state index in [9.17, 15) is 13.2 Å². The lowest BCUT2D eigenvalue weighted by Crippen LogP contribution is -2.46.